The van der Waals surface area contributed by atoms with Gasteiger partial charge in [0, 0.05) is 30.1 Å². The molecule has 2 rings (SSSR count). The van der Waals surface area contributed by atoms with Crippen LogP contribution in [0.2, 0.25) is 0 Å². The summed E-state index contributed by atoms with van der Waals surface area (Å²) >= 11 is 3.59. The van der Waals surface area contributed by atoms with Gasteiger partial charge in [-0.15, -0.1) is 0 Å². The molecule has 1 N–H and O–H groups in total. The van der Waals surface area contributed by atoms with Crippen molar-refractivity contribution in [2.45, 2.75) is 51.8 Å². The standard InChI is InChI=1S/C16H24BrNO2/c1-12(2)18-11-13-10-15(5-6-16(13)17)20-9-7-14-4-3-8-19-14/h5-6,10,12,14,18H,3-4,7-9,11H2,1-2H3. The predicted octanol–water partition coefficient (Wildman–Crippen LogP) is 3.90. The number of rotatable bonds is 7. The molecule has 1 unspecified atom stereocenters. The first-order chi connectivity index (χ1) is 9.65. The van der Waals surface area contributed by atoms with Gasteiger partial charge in [-0.25, -0.2) is 0 Å². The Bertz CT molecular complexity index is 417. The van der Waals surface area contributed by atoms with E-state index in [4.69, 9.17) is 9.47 Å². The van der Waals surface area contributed by atoms with Crippen LogP contribution >= 0.6 is 15.9 Å². The van der Waals surface area contributed by atoms with Crippen molar-refractivity contribution >= 4 is 15.9 Å². The van der Waals surface area contributed by atoms with Crippen LogP contribution in [0.1, 0.15) is 38.7 Å². The van der Waals surface area contributed by atoms with Crippen LogP contribution in [0, 0.1) is 0 Å². The van der Waals surface area contributed by atoms with Crippen LogP contribution < -0.4 is 10.1 Å². The highest BCUT2D eigenvalue weighted by atomic mass is 79.9. The summed E-state index contributed by atoms with van der Waals surface area (Å²) in [6.45, 7) is 6.78. The molecule has 1 aromatic carbocycles. The molecular formula is C16H24BrNO2. The van der Waals surface area contributed by atoms with Gasteiger partial charge in [-0.1, -0.05) is 29.8 Å². The number of ether oxygens (including phenoxy) is 2. The highest BCUT2D eigenvalue weighted by molar-refractivity contribution is 9.10. The van der Waals surface area contributed by atoms with Gasteiger partial charge < -0.3 is 14.8 Å². The Kier molecular flexibility index (Phi) is 6.33. The van der Waals surface area contributed by atoms with Gasteiger partial charge in [0.15, 0.2) is 0 Å². The summed E-state index contributed by atoms with van der Waals surface area (Å²) in [6, 6.07) is 6.65. The zero-order valence-corrected chi connectivity index (χ0v) is 13.9. The fraction of sp³-hybridized carbons (Fsp3) is 0.625. The van der Waals surface area contributed by atoms with E-state index in [1.807, 2.05) is 6.07 Å². The molecule has 20 heavy (non-hydrogen) atoms. The van der Waals surface area contributed by atoms with Gasteiger partial charge in [0.2, 0.25) is 0 Å². The highest BCUT2D eigenvalue weighted by Crippen LogP contribution is 2.23. The third-order valence-corrected chi connectivity index (χ3v) is 4.22. The van der Waals surface area contributed by atoms with Crippen molar-refractivity contribution in [1.29, 1.82) is 0 Å². The van der Waals surface area contributed by atoms with Crippen molar-refractivity contribution in [2.75, 3.05) is 13.2 Å². The van der Waals surface area contributed by atoms with E-state index < -0.39 is 0 Å². The molecule has 1 fully saturated rings. The van der Waals surface area contributed by atoms with Crippen LogP contribution in [0.5, 0.6) is 5.75 Å². The van der Waals surface area contributed by atoms with Crippen LogP contribution in [-0.4, -0.2) is 25.4 Å². The molecule has 1 aliphatic rings. The summed E-state index contributed by atoms with van der Waals surface area (Å²) in [4.78, 5) is 0. The lowest BCUT2D eigenvalue weighted by atomic mass is 10.2. The monoisotopic (exact) mass is 341 g/mol. The van der Waals surface area contributed by atoms with Crippen molar-refractivity contribution in [3.8, 4) is 5.75 Å². The van der Waals surface area contributed by atoms with E-state index in [1.165, 1.54) is 18.4 Å². The Morgan fingerprint density at radius 1 is 1.45 bits per heavy atom. The molecule has 3 nitrogen and oxygen atoms in total. The minimum atomic E-state index is 0.396. The van der Waals surface area contributed by atoms with Crippen molar-refractivity contribution in [2.24, 2.45) is 0 Å². The molecule has 0 aromatic heterocycles. The summed E-state index contributed by atoms with van der Waals surface area (Å²) in [5, 5.41) is 3.43. The minimum absolute atomic E-state index is 0.396. The first-order valence-corrected chi connectivity index (χ1v) is 8.20. The molecular weight excluding hydrogens is 318 g/mol. The van der Waals surface area contributed by atoms with Crippen molar-refractivity contribution in [3.63, 3.8) is 0 Å². The van der Waals surface area contributed by atoms with Gasteiger partial charge in [0.1, 0.15) is 5.75 Å². The molecule has 1 saturated heterocycles. The molecule has 1 aromatic rings. The van der Waals surface area contributed by atoms with Gasteiger partial charge in [-0.3, -0.25) is 0 Å². The number of nitrogens with one attached hydrogen (secondary N) is 1. The molecule has 112 valence electrons. The minimum Gasteiger partial charge on any atom is -0.493 e. The molecule has 4 heteroatoms. The molecule has 0 saturated carbocycles. The maximum absolute atomic E-state index is 5.84. The van der Waals surface area contributed by atoms with E-state index >= 15 is 0 Å². The van der Waals surface area contributed by atoms with Crippen LogP contribution in [0.25, 0.3) is 0 Å². The molecule has 0 radical (unpaired) electrons. The summed E-state index contributed by atoms with van der Waals surface area (Å²) in [7, 11) is 0. The maximum Gasteiger partial charge on any atom is 0.119 e. The summed E-state index contributed by atoms with van der Waals surface area (Å²) < 4.78 is 12.6. The van der Waals surface area contributed by atoms with Crippen molar-refractivity contribution in [3.05, 3.63) is 28.2 Å². The van der Waals surface area contributed by atoms with E-state index in [0.717, 1.165) is 36.4 Å². The highest BCUT2D eigenvalue weighted by Gasteiger charge is 2.15. The first-order valence-electron chi connectivity index (χ1n) is 7.41. The van der Waals surface area contributed by atoms with Crippen LogP contribution in [0.4, 0.5) is 0 Å². The van der Waals surface area contributed by atoms with E-state index in [9.17, 15) is 0 Å². The Labute approximate surface area is 130 Å². The van der Waals surface area contributed by atoms with Gasteiger partial charge in [-0.05, 0) is 36.6 Å². The number of benzene rings is 1. The van der Waals surface area contributed by atoms with Crippen LogP contribution in [0.15, 0.2) is 22.7 Å². The maximum atomic E-state index is 5.84. The average Bonchev–Trinajstić information content (AvgIpc) is 2.92. The smallest absolute Gasteiger partial charge is 0.119 e. The largest absolute Gasteiger partial charge is 0.493 e. The number of hydrogen-bond acceptors (Lipinski definition) is 3. The van der Waals surface area contributed by atoms with E-state index in [2.05, 4.69) is 47.2 Å². The zero-order chi connectivity index (χ0) is 14.4. The quantitative estimate of drug-likeness (QED) is 0.815. The van der Waals surface area contributed by atoms with Gasteiger partial charge in [0.05, 0.1) is 12.7 Å². The third-order valence-electron chi connectivity index (χ3n) is 3.45. The summed E-state index contributed by atoms with van der Waals surface area (Å²) in [5.74, 6) is 0.937. The Morgan fingerprint density at radius 3 is 3.00 bits per heavy atom. The normalized spacial score (nSPS) is 18.7. The molecule has 0 aliphatic carbocycles. The lowest BCUT2D eigenvalue weighted by molar-refractivity contribution is 0.0903. The predicted molar refractivity (Wildman–Crippen MR) is 85.2 cm³/mol. The zero-order valence-electron chi connectivity index (χ0n) is 12.3. The lowest BCUT2D eigenvalue weighted by Gasteiger charge is -2.13. The number of halogens is 1. The second-order valence-electron chi connectivity index (χ2n) is 5.56. The summed E-state index contributed by atoms with van der Waals surface area (Å²) in [5.41, 5.74) is 1.23. The molecule has 0 bridgehead atoms. The van der Waals surface area contributed by atoms with Gasteiger partial charge in [0.25, 0.3) is 0 Å². The Hall–Kier alpha value is -0.580. The second kappa shape index (κ2) is 8.01. The van der Waals surface area contributed by atoms with E-state index in [1.54, 1.807) is 0 Å². The fourth-order valence-corrected chi connectivity index (χ4v) is 2.66. The van der Waals surface area contributed by atoms with Crippen molar-refractivity contribution in [1.82, 2.24) is 5.32 Å². The Morgan fingerprint density at radius 2 is 2.30 bits per heavy atom. The lowest BCUT2D eigenvalue weighted by Crippen LogP contribution is -2.22. The average molecular weight is 342 g/mol. The summed E-state index contributed by atoms with van der Waals surface area (Å²) in [6.07, 6.45) is 3.74. The molecule has 0 spiro atoms. The number of hydrogen-bond donors (Lipinski definition) is 1. The topological polar surface area (TPSA) is 30.5 Å². The fourth-order valence-electron chi connectivity index (χ4n) is 2.27. The van der Waals surface area contributed by atoms with Crippen LogP contribution in [-0.2, 0) is 11.3 Å². The third kappa shape index (κ3) is 5.08. The second-order valence-corrected chi connectivity index (χ2v) is 6.42. The Balaban J connectivity index is 1.82. The van der Waals surface area contributed by atoms with E-state index in [-0.39, 0.29) is 0 Å². The van der Waals surface area contributed by atoms with Crippen molar-refractivity contribution < 1.29 is 9.47 Å². The molecule has 1 heterocycles. The SMILES string of the molecule is CC(C)NCc1cc(OCCC2CCCO2)ccc1Br. The first kappa shape index (κ1) is 15.8. The van der Waals surface area contributed by atoms with E-state index in [0.29, 0.717) is 12.1 Å². The van der Waals surface area contributed by atoms with Crippen LogP contribution in [0.3, 0.4) is 0 Å². The molecule has 1 aliphatic heterocycles. The van der Waals surface area contributed by atoms with Gasteiger partial charge in [-0.2, -0.15) is 0 Å². The molecule has 1 atom stereocenters. The van der Waals surface area contributed by atoms with Gasteiger partial charge >= 0.3 is 0 Å². The molecule has 0 amide bonds.